The van der Waals surface area contributed by atoms with Gasteiger partial charge in [0, 0.05) is 26.2 Å². The van der Waals surface area contributed by atoms with E-state index in [4.69, 9.17) is 0 Å². The van der Waals surface area contributed by atoms with E-state index in [1.807, 2.05) is 24.1 Å². The summed E-state index contributed by atoms with van der Waals surface area (Å²) in [4.78, 5) is 14.2. The molecule has 4 nitrogen and oxygen atoms in total. The Balaban J connectivity index is 1.54. The standard InChI is InChI=1S/C20H26N2O2/c1-22(19-10-7-15(14-23)8-11-19)20(24)21-13-16-6-9-17-4-2-3-5-18(17)12-16/h2-6,9,12,15,19,23H,7-8,10-11,13-14H2,1H3,(H,21,24). The Morgan fingerprint density at radius 1 is 1.12 bits per heavy atom. The Labute approximate surface area is 143 Å². The molecule has 128 valence electrons. The summed E-state index contributed by atoms with van der Waals surface area (Å²) in [5.41, 5.74) is 1.11. The molecule has 2 aromatic carbocycles. The van der Waals surface area contributed by atoms with Crippen LogP contribution in [-0.2, 0) is 6.54 Å². The van der Waals surface area contributed by atoms with E-state index in [0.717, 1.165) is 31.2 Å². The number of amides is 2. The van der Waals surface area contributed by atoms with Gasteiger partial charge in [-0.15, -0.1) is 0 Å². The van der Waals surface area contributed by atoms with Gasteiger partial charge in [0.2, 0.25) is 0 Å². The highest BCUT2D eigenvalue weighted by molar-refractivity contribution is 5.83. The van der Waals surface area contributed by atoms with Crippen LogP contribution in [0.4, 0.5) is 4.79 Å². The molecule has 0 aliphatic heterocycles. The number of hydrogen-bond acceptors (Lipinski definition) is 2. The summed E-state index contributed by atoms with van der Waals surface area (Å²) < 4.78 is 0. The van der Waals surface area contributed by atoms with E-state index < -0.39 is 0 Å². The Morgan fingerprint density at radius 2 is 1.83 bits per heavy atom. The van der Waals surface area contributed by atoms with E-state index in [9.17, 15) is 9.90 Å². The van der Waals surface area contributed by atoms with Crippen LogP contribution in [0.5, 0.6) is 0 Å². The highest BCUT2D eigenvalue weighted by atomic mass is 16.3. The lowest BCUT2D eigenvalue weighted by Gasteiger charge is -2.34. The zero-order chi connectivity index (χ0) is 16.9. The molecule has 2 aromatic rings. The fourth-order valence-corrected chi connectivity index (χ4v) is 3.53. The maximum absolute atomic E-state index is 12.4. The maximum atomic E-state index is 12.4. The van der Waals surface area contributed by atoms with Crippen molar-refractivity contribution in [3.8, 4) is 0 Å². The normalized spacial score (nSPS) is 20.8. The average molecular weight is 326 g/mol. The minimum Gasteiger partial charge on any atom is -0.396 e. The molecule has 1 saturated carbocycles. The van der Waals surface area contributed by atoms with Crippen LogP contribution in [0.1, 0.15) is 31.2 Å². The molecule has 1 fully saturated rings. The monoisotopic (exact) mass is 326 g/mol. The van der Waals surface area contributed by atoms with Gasteiger partial charge in [-0.05, 0) is 54.0 Å². The molecular formula is C20H26N2O2. The third kappa shape index (κ3) is 3.88. The number of hydrogen-bond donors (Lipinski definition) is 2. The molecular weight excluding hydrogens is 300 g/mol. The molecule has 3 rings (SSSR count). The quantitative estimate of drug-likeness (QED) is 0.903. The Morgan fingerprint density at radius 3 is 2.54 bits per heavy atom. The zero-order valence-corrected chi connectivity index (χ0v) is 14.2. The first kappa shape index (κ1) is 16.8. The third-order valence-corrected chi connectivity index (χ3v) is 5.20. The van der Waals surface area contributed by atoms with Crippen LogP contribution in [0.15, 0.2) is 42.5 Å². The molecule has 1 aliphatic carbocycles. The van der Waals surface area contributed by atoms with Crippen molar-refractivity contribution in [2.75, 3.05) is 13.7 Å². The number of urea groups is 1. The maximum Gasteiger partial charge on any atom is 0.317 e. The van der Waals surface area contributed by atoms with Crippen molar-refractivity contribution in [2.45, 2.75) is 38.3 Å². The number of nitrogens with zero attached hydrogens (tertiary/aromatic N) is 1. The van der Waals surface area contributed by atoms with Crippen molar-refractivity contribution < 1.29 is 9.90 Å². The molecule has 2 N–H and O–H groups in total. The van der Waals surface area contributed by atoms with Gasteiger partial charge in [-0.1, -0.05) is 36.4 Å². The molecule has 0 bridgehead atoms. The number of carbonyl (C=O) groups is 1. The van der Waals surface area contributed by atoms with E-state index in [1.54, 1.807) is 0 Å². The number of fused-ring (bicyclic) bond motifs is 1. The van der Waals surface area contributed by atoms with Gasteiger partial charge >= 0.3 is 6.03 Å². The predicted octanol–water partition coefficient (Wildman–Crippen LogP) is 3.53. The van der Waals surface area contributed by atoms with Crippen molar-refractivity contribution >= 4 is 16.8 Å². The van der Waals surface area contributed by atoms with E-state index in [-0.39, 0.29) is 18.7 Å². The van der Waals surface area contributed by atoms with Gasteiger partial charge in [-0.2, -0.15) is 0 Å². The number of rotatable bonds is 4. The van der Waals surface area contributed by atoms with Crippen LogP contribution < -0.4 is 5.32 Å². The first-order valence-corrected chi connectivity index (χ1v) is 8.76. The molecule has 0 heterocycles. The van der Waals surface area contributed by atoms with Crippen molar-refractivity contribution in [1.82, 2.24) is 10.2 Å². The summed E-state index contributed by atoms with van der Waals surface area (Å²) in [6.07, 6.45) is 3.96. The SMILES string of the molecule is CN(C(=O)NCc1ccc2ccccc2c1)C1CCC(CO)CC1. The van der Waals surface area contributed by atoms with Gasteiger partial charge in [0.15, 0.2) is 0 Å². The average Bonchev–Trinajstić information content (AvgIpc) is 2.65. The predicted molar refractivity (Wildman–Crippen MR) is 96.8 cm³/mol. The lowest BCUT2D eigenvalue weighted by atomic mass is 9.86. The van der Waals surface area contributed by atoms with Gasteiger partial charge in [-0.3, -0.25) is 0 Å². The summed E-state index contributed by atoms with van der Waals surface area (Å²) in [5, 5.41) is 14.6. The van der Waals surface area contributed by atoms with Crippen LogP contribution in [0.25, 0.3) is 10.8 Å². The lowest BCUT2D eigenvalue weighted by Crippen LogP contribution is -2.45. The third-order valence-electron chi connectivity index (χ3n) is 5.20. The van der Waals surface area contributed by atoms with Crippen LogP contribution in [-0.4, -0.2) is 35.7 Å². The van der Waals surface area contributed by atoms with E-state index in [1.165, 1.54) is 10.8 Å². The van der Waals surface area contributed by atoms with Crippen LogP contribution in [0.3, 0.4) is 0 Å². The van der Waals surface area contributed by atoms with Crippen molar-refractivity contribution in [3.05, 3.63) is 48.0 Å². The summed E-state index contributed by atoms with van der Waals surface area (Å²) in [6, 6.07) is 14.8. The Kier molecular flexibility index (Phi) is 5.36. The summed E-state index contributed by atoms with van der Waals surface area (Å²) >= 11 is 0. The highest BCUT2D eigenvalue weighted by Crippen LogP contribution is 2.26. The molecule has 0 radical (unpaired) electrons. The fraction of sp³-hybridized carbons (Fsp3) is 0.450. The second-order valence-electron chi connectivity index (χ2n) is 6.81. The molecule has 0 spiro atoms. The van der Waals surface area contributed by atoms with E-state index >= 15 is 0 Å². The Bertz CT molecular complexity index is 693. The molecule has 0 atom stereocenters. The topological polar surface area (TPSA) is 52.6 Å². The summed E-state index contributed by atoms with van der Waals surface area (Å²) in [7, 11) is 1.87. The molecule has 0 saturated heterocycles. The number of aliphatic hydroxyl groups is 1. The zero-order valence-electron chi connectivity index (χ0n) is 14.2. The first-order valence-electron chi connectivity index (χ1n) is 8.76. The largest absolute Gasteiger partial charge is 0.396 e. The van der Waals surface area contributed by atoms with Gasteiger partial charge < -0.3 is 15.3 Å². The van der Waals surface area contributed by atoms with E-state index in [0.29, 0.717) is 12.5 Å². The van der Waals surface area contributed by atoms with Crippen molar-refractivity contribution in [2.24, 2.45) is 5.92 Å². The van der Waals surface area contributed by atoms with Crippen molar-refractivity contribution in [3.63, 3.8) is 0 Å². The number of benzene rings is 2. The molecule has 0 unspecified atom stereocenters. The second-order valence-corrected chi connectivity index (χ2v) is 6.81. The van der Waals surface area contributed by atoms with Crippen LogP contribution in [0.2, 0.25) is 0 Å². The van der Waals surface area contributed by atoms with Crippen molar-refractivity contribution in [1.29, 1.82) is 0 Å². The summed E-state index contributed by atoms with van der Waals surface area (Å²) in [5.74, 6) is 0.412. The minimum atomic E-state index is -0.0180. The number of nitrogens with one attached hydrogen (secondary N) is 1. The van der Waals surface area contributed by atoms with E-state index in [2.05, 4.69) is 35.6 Å². The van der Waals surface area contributed by atoms with Crippen LogP contribution >= 0.6 is 0 Å². The smallest absolute Gasteiger partial charge is 0.317 e. The highest BCUT2D eigenvalue weighted by Gasteiger charge is 2.25. The molecule has 2 amide bonds. The minimum absolute atomic E-state index is 0.0180. The lowest BCUT2D eigenvalue weighted by molar-refractivity contribution is 0.134. The summed E-state index contributed by atoms with van der Waals surface area (Å²) in [6.45, 7) is 0.810. The Hall–Kier alpha value is -2.07. The first-order chi connectivity index (χ1) is 11.7. The number of aliphatic hydroxyl groups excluding tert-OH is 1. The van der Waals surface area contributed by atoms with Gasteiger partial charge in [0.1, 0.15) is 0 Å². The molecule has 1 aliphatic rings. The van der Waals surface area contributed by atoms with Crippen LogP contribution in [0, 0.1) is 5.92 Å². The molecule has 0 aromatic heterocycles. The molecule has 24 heavy (non-hydrogen) atoms. The van der Waals surface area contributed by atoms with Gasteiger partial charge in [0.25, 0.3) is 0 Å². The number of carbonyl (C=O) groups excluding carboxylic acids is 1. The fourth-order valence-electron chi connectivity index (χ4n) is 3.53. The van der Waals surface area contributed by atoms with Gasteiger partial charge in [-0.25, -0.2) is 4.79 Å². The van der Waals surface area contributed by atoms with Gasteiger partial charge in [0.05, 0.1) is 0 Å². The second kappa shape index (κ2) is 7.67. The molecule has 4 heteroatoms.